The van der Waals surface area contributed by atoms with Gasteiger partial charge in [0.1, 0.15) is 0 Å². The van der Waals surface area contributed by atoms with E-state index < -0.39 is 0 Å². The standard InChI is InChI=1S/C13H14N2O2/c14-9-3-1-8(2-4-9)5-6-15-12(16)10-7-11(10)13(15)17/h1-4,10-11H,5-7,14H2. The van der Waals surface area contributed by atoms with E-state index >= 15 is 0 Å². The smallest absolute Gasteiger partial charge is 0.233 e. The summed E-state index contributed by atoms with van der Waals surface area (Å²) in [5.41, 5.74) is 7.42. The number of hydrogen-bond acceptors (Lipinski definition) is 3. The lowest BCUT2D eigenvalue weighted by molar-refractivity contribution is -0.141. The number of benzene rings is 1. The topological polar surface area (TPSA) is 63.4 Å². The van der Waals surface area contributed by atoms with Crippen molar-refractivity contribution in [2.24, 2.45) is 11.8 Å². The van der Waals surface area contributed by atoms with Crippen molar-refractivity contribution in [1.29, 1.82) is 0 Å². The van der Waals surface area contributed by atoms with E-state index in [0.29, 0.717) is 13.0 Å². The molecule has 2 fully saturated rings. The molecule has 88 valence electrons. The minimum Gasteiger partial charge on any atom is -0.399 e. The molecule has 3 rings (SSSR count). The molecule has 2 N–H and O–H groups in total. The fraction of sp³-hybridized carbons (Fsp3) is 0.385. The second kappa shape index (κ2) is 3.58. The first-order valence-electron chi connectivity index (χ1n) is 5.86. The van der Waals surface area contributed by atoms with Gasteiger partial charge in [0.05, 0.1) is 11.8 Å². The maximum absolute atomic E-state index is 11.7. The lowest BCUT2D eigenvalue weighted by Gasteiger charge is -2.16. The molecule has 1 heterocycles. The second-order valence-electron chi connectivity index (χ2n) is 4.77. The van der Waals surface area contributed by atoms with Gasteiger partial charge in [-0.1, -0.05) is 12.1 Å². The SMILES string of the molecule is Nc1ccc(CCN2C(=O)C3CC3C2=O)cc1. The number of carbonyl (C=O) groups excluding carboxylic acids is 2. The quantitative estimate of drug-likeness (QED) is 0.617. The molecule has 1 aliphatic carbocycles. The van der Waals surface area contributed by atoms with E-state index in [1.807, 2.05) is 24.3 Å². The Balaban J connectivity index is 1.63. The molecule has 1 aromatic rings. The molecule has 2 atom stereocenters. The summed E-state index contributed by atoms with van der Waals surface area (Å²) in [5.74, 6) is 0.0636. The Morgan fingerprint density at radius 2 is 1.71 bits per heavy atom. The van der Waals surface area contributed by atoms with Crippen molar-refractivity contribution in [2.75, 3.05) is 12.3 Å². The first-order valence-corrected chi connectivity index (χ1v) is 5.86. The van der Waals surface area contributed by atoms with Crippen molar-refractivity contribution < 1.29 is 9.59 Å². The molecule has 0 spiro atoms. The predicted octanol–water partition coefficient (Wildman–Crippen LogP) is 0.816. The molecule has 0 aromatic heterocycles. The first kappa shape index (κ1) is 10.3. The van der Waals surface area contributed by atoms with Crippen molar-refractivity contribution in [3.63, 3.8) is 0 Å². The largest absolute Gasteiger partial charge is 0.399 e. The summed E-state index contributed by atoms with van der Waals surface area (Å²) in [6, 6.07) is 7.53. The molecule has 2 unspecified atom stereocenters. The molecular weight excluding hydrogens is 216 g/mol. The van der Waals surface area contributed by atoms with Crippen LogP contribution in [0.4, 0.5) is 5.69 Å². The van der Waals surface area contributed by atoms with Gasteiger partial charge in [-0.25, -0.2) is 0 Å². The van der Waals surface area contributed by atoms with E-state index in [-0.39, 0.29) is 23.7 Å². The maximum atomic E-state index is 11.7. The van der Waals surface area contributed by atoms with E-state index in [4.69, 9.17) is 5.73 Å². The molecule has 1 aromatic carbocycles. The van der Waals surface area contributed by atoms with Crippen LogP contribution in [-0.4, -0.2) is 23.3 Å². The molecule has 1 aliphatic heterocycles. The van der Waals surface area contributed by atoms with Crippen LogP contribution < -0.4 is 5.73 Å². The van der Waals surface area contributed by atoms with Crippen LogP contribution >= 0.6 is 0 Å². The molecular formula is C13H14N2O2. The summed E-state index contributed by atoms with van der Waals surface area (Å²) in [6.07, 6.45) is 1.48. The van der Waals surface area contributed by atoms with Gasteiger partial charge >= 0.3 is 0 Å². The Morgan fingerprint density at radius 1 is 1.12 bits per heavy atom. The zero-order chi connectivity index (χ0) is 12.0. The van der Waals surface area contributed by atoms with Gasteiger partial charge in [0, 0.05) is 12.2 Å². The minimum absolute atomic E-state index is 0.00826. The number of anilines is 1. The predicted molar refractivity (Wildman–Crippen MR) is 62.9 cm³/mol. The van der Waals surface area contributed by atoms with Gasteiger partial charge in [-0.3, -0.25) is 14.5 Å². The van der Waals surface area contributed by atoms with Gasteiger partial charge in [0.2, 0.25) is 11.8 Å². The fourth-order valence-electron chi connectivity index (χ4n) is 2.40. The Bertz CT molecular complexity index is 461. The Hall–Kier alpha value is -1.84. The van der Waals surface area contributed by atoms with Crippen LogP contribution in [0.1, 0.15) is 12.0 Å². The highest BCUT2D eigenvalue weighted by molar-refractivity contribution is 6.08. The number of hydrogen-bond donors (Lipinski definition) is 1. The maximum Gasteiger partial charge on any atom is 0.233 e. The van der Waals surface area contributed by atoms with Crippen LogP contribution in [0.3, 0.4) is 0 Å². The number of likely N-dealkylation sites (tertiary alicyclic amines) is 1. The second-order valence-corrected chi connectivity index (χ2v) is 4.77. The molecule has 1 saturated heterocycles. The van der Waals surface area contributed by atoms with Crippen LogP contribution in [0.15, 0.2) is 24.3 Å². The van der Waals surface area contributed by atoms with Gasteiger partial charge in [-0.15, -0.1) is 0 Å². The molecule has 1 saturated carbocycles. The van der Waals surface area contributed by atoms with Crippen molar-refractivity contribution in [3.8, 4) is 0 Å². The highest BCUT2D eigenvalue weighted by Crippen LogP contribution is 2.46. The molecule has 17 heavy (non-hydrogen) atoms. The monoisotopic (exact) mass is 230 g/mol. The average molecular weight is 230 g/mol. The van der Waals surface area contributed by atoms with Crippen LogP contribution in [-0.2, 0) is 16.0 Å². The molecule has 0 bridgehead atoms. The van der Waals surface area contributed by atoms with Crippen molar-refractivity contribution in [1.82, 2.24) is 4.90 Å². The lowest BCUT2D eigenvalue weighted by atomic mass is 10.1. The number of carbonyl (C=O) groups is 2. The third kappa shape index (κ3) is 1.69. The van der Waals surface area contributed by atoms with E-state index in [1.165, 1.54) is 4.90 Å². The minimum atomic E-state index is 0.00826. The summed E-state index contributed by atoms with van der Waals surface area (Å²) in [7, 11) is 0. The van der Waals surface area contributed by atoms with Crippen molar-refractivity contribution in [2.45, 2.75) is 12.8 Å². The van der Waals surface area contributed by atoms with E-state index in [2.05, 4.69) is 0 Å². The summed E-state index contributed by atoms with van der Waals surface area (Å²) in [5, 5.41) is 0. The summed E-state index contributed by atoms with van der Waals surface area (Å²) in [6.45, 7) is 0.495. The van der Waals surface area contributed by atoms with Gasteiger partial charge in [-0.05, 0) is 30.5 Å². The Kier molecular flexibility index (Phi) is 2.18. The van der Waals surface area contributed by atoms with Gasteiger partial charge in [0.15, 0.2) is 0 Å². The highest BCUT2D eigenvalue weighted by Gasteiger charge is 2.58. The van der Waals surface area contributed by atoms with Crippen LogP contribution in [0.2, 0.25) is 0 Å². The van der Waals surface area contributed by atoms with E-state index in [1.54, 1.807) is 0 Å². The number of nitrogen functional groups attached to an aromatic ring is 1. The van der Waals surface area contributed by atoms with Crippen LogP contribution in [0.25, 0.3) is 0 Å². The summed E-state index contributed by atoms with van der Waals surface area (Å²) < 4.78 is 0. The Morgan fingerprint density at radius 3 is 2.29 bits per heavy atom. The number of rotatable bonds is 3. The molecule has 2 aliphatic rings. The van der Waals surface area contributed by atoms with E-state index in [0.717, 1.165) is 17.7 Å². The van der Waals surface area contributed by atoms with Crippen molar-refractivity contribution in [3.05, 3.63) is 29.8 Å². The zero-order valence-corrected chi connectivity index (χ0v) is 9.43. The molecule has 0 radical (unpaired) electrons. The van der Waals surface area contributed by atoms with Crippen LogP contribution in [0, 0.1) is 11.8 Å². The first-order chi connectivity index (χ1) is 8.16. The number of nitrogens with zero attached hydrogens (tertiary/aromatic N) is 1. The number of imide groups is 1. The third-order valence-electron chi connectivity index (χ3n) is 3.56. The number of fused-ring (bicyclic) bond motifs is 1. The summed E-state index contributed by atoms with van der Waals surface area (Å²) >= 11 is 0. The Labute approximate surface area is 99.4 Å². The summed E-state index contributed by atoms with van der Waals surface area (Å²) in [4.78, 5) is 24.8. The number of amides is 2. The number of piperidine rings is 1. The fourth-order valence-corrected chi connectivity index (χ4v) is 2.40. The van der Waals surface area contributed by atoms with Gasteiger partial charge in [0.25, 0.3) is 0 Å². The lowest BCUT2D eigenvalue weighted by Crippen LogP contribution is -2.34. The number of nitrogens with two attached hydrogens (primary N) is 1. The zero-order valence-electron chi connectivity index (χ0n) is 9.43. The highest BCUT2D eigenvalue weighted by atomic mass is 16.2. The van der Waals surface area contributed by atoms with E-state index in [9.17, 15) is 9.59 Å². The molecule has 4 nitrogen and oxygen atoms in total. The van der Waals surface area contributed by atoms with Gasteiger partial charge < -0.3 is 5.73 Å². The van der Waals surface area contributed by atoms with Crippen molar-refractivity contribution >= 4 is 17.5 Å². The molecule has 4 heteroatoms. The van der Waals surface area contributed by atoms with Crippen LogP contribution in [0.5, 0.6) is 0 Å². The van der Waals surface area contributed by atoms with Gasteiger partial charge in [-0.2, -0.15) is 0 Å². The third-order valence-corrected chi connectivity index (χ3v) is 3.56. The average Bonchev–Trinajstić information content (AvgIpc) is 3.06. The normalized spacial score (nSPS) is 26.2. The molecule has 2 amide bonds.